The maximum atomic E-state index is 11.6. The zero-order valence-corrected chi connectivity index (χ0v) is 12.8. The molecular weight excluding hydrogens is 262 g/mol. The van der Waals surface area contributed by atoms with E-state index in [2.05, 4.69) is 18.3 Å². The van der Waals surface area contributed by atoms with Crippen LogP contribution < -0.4 is 5.32 Å². The summed E-state index contributed by atoms with van der Waals surface area (Å²) in [5.74, 6) is 0.0984. The van der Waals surface area contributed by atoms with Gasteiger partial charge in [-0.2, -0.15) is 0 Å². The van der Waals surface area contributed by atoms with Crippen LogP contribution in [0.2, 0.25) is 0 Å². The number of hydrogen-bond acceptors (Lipinski definition) is 2. The number of aliphatic hydroxyl groups excluding tert-OH is 1. The first-order valence-corrected chi connectivity index (χ1v) is 8.19. The summed E-state index contributed by atoms with van der Waals surface area (Å²) in [7, 11) is 0. The van der Waals surface area contributed by atoms with Crippen molar-refractivity contribution in [2.24, 2.45) is 5.41 Å². The number of aliphatic hydroxyl groups is 1. The highest BCUT2D eigenvalue weighted by molar-refractivity contribution is 5.92. The molecule has 3 nitrogen and oxygen atoms in total. The van der Waals surface area contributed by atoms with Gasteiger partial charge in [0.15, 0.2) is 0 Å². The van der Waals surface area contributed by atoms with Gasteiger partial charge in [0.25, 0.3) is 0 Å². The Balaban J connectivity index is 1.86. The molecule has 1 saturated carbocycles. The predicted octanol–water partition coefficient (Wildman–Crippen LogP) is 3.97. The van der Waals surface area contributed by atoms with Crippen molar-refractivity contribution in [3.63, 3.8) is 0 Å². The molecule has 2 N–H and O–H groups in total. The summed E-state index contributed by atoms with van der Waals surface area (Å²) < 4.78 is 0. The molecule has 1 aromatic rings. The standard InChI is InChI=1S/C18H25NO2/c1-18(10-3-2-4-11-18)17(21)14-8-9-15-13(12-14)6-5-7-16(20)19-15/h8-9,12,17,21H,2-7,10-11H2,1H3,(H,19,20). The molecule has 1 fully saturated rings. The molecule has 1 unspecified atom stereocenters. The molecule has 0 aromatic heterocycles. The van der Waals surface area contributed by atoms with E-state index in [-0.39, 0.29) is 11.3 Å². The van der Waals surface area contributed by atoms with Crippen molar-refractivity contribution in [2.45, 2.75) is 64.4 Å². The third-order valence-corrected chi connectivity index (χ3v) is 5.22. The number of nitrogens with one attached hydrogen (secondary N) is 1. The van der Waals surface area contributed by atoms with E-state index in [1.54, 1.807) is 0 Å². The van der Waals surface area contributed by atoms with Crippen molar-refractivity contribution in [1.82, 2.24) is 0 Å². The Morgan fingerprint density at radius 2 is 1.90 bits per heavy atom. The first-order valence-electron chi connectivity index (χ1n) is 8.19. The fraction of sp³-hybridized carbons (Fsp3) is 0.611. The minimum absolute atomic E-state index is 0.000460. The summed E-state index contributed by atoms with van der Waals surface area (Å²) in [4.78, 5) is 11.6. The number of carbonyl (C=O) groups is 1. The zero-order valence-electron chi connectivity index (χ0n) is 12.8. The number of aryl methyl sites for hydroxylation is 1. The fourth-order valence-electron chi connectivity index (χ4n) is 3.80. The van der Waals surface area contributed by atoms with Crippen molar-refractivity contribution in [2.75, 3.05) is 5.32 Å². The SMILES string of the molecule is CC1(C(O)c2ccc3c(c2)CCCC(=O)N3)CCCCC1. The minimum Gasteiger partial charge on any atom is -0.388 e. The Morgan fingerprint density at radius 1 is 1.14 bits per heavy atom. The molecule has 3 heteroatoms. The number of benzene rings is 1. The monoisotopic (exact) mass is 287 g/mol. The second kappa shape index (κ2) is 5.80. The van der Waals surface area contributed by atoms with Crippen LogP contribution in [0.15, 0.2) is 18.2 Å². The quantitative estimate of drug-likeness (QED) is 0.865. The van der Waals surface area contributed by atoms with Crippen LogP contribution in [0.5, 0.6) is 0 Å². The third-order valence-electron chi connectivity index (χ3n) is 5.22. The number of rotatable bonds is 2. The minimum atomic E-state index is -0.401. The Kier molecular flexibility index (Phi) is 4.03. The first-order chi connectivity index (χ1) is 10.1. The van der Waals surface area contributed by atoms with Gasteiger partial charge >= 0.3 is 0 Å². The molecule has 1 aromatic carbocycles. The fourth-order valence-corrected chi connectivity index (χ4v) is 3.80. The highest BCUT2D eigenvalue weighted by atomic mass is 16.3. The van der Waals surface area contributed by atoms with E-state index in [1.165, 1.54) is 19.3 Å². The van der Waals surface area contributed by atoms with Gasteiger partial charge in [-0.05, 0) is 48.3 Å². The van der Waals surface area contributed by atoms with Crippen molar-refractivity contribution in [3.05, 3.63) is 29.3 Å². The van der Waals surface area contributed by atoms with E-state index in [0.29, 0.717) is 6.42 Å². The van der Waals surface area contributed by atoms with Crippen LogP contribution in [0.25, 0.3) is 0 Å². The lowest BCUT2D eigenvalue weighted by Gasteiger charge is -2.38. The number of hydrogen-bond donors (Lipinski definition) is 2. The summed E-state index contributed by atoms with van der Waals surface area (Å²) in [5.41, 5.74) is 3.09. The molecule has 3 rings (SSSR count). The first kappa shape index (κ1) is 14.6. The highest BCUT2D eigenvalue weighted by Crippen LogP contribution is 2.46. The number of anilines is 1. The van der Waals surface area contributed by atoms with Gasteiger partial charge in [-0.1, -0.05) is 38.3 Å². The van der Waals surface area contributed by atoms with E-state index in [1.807, 2.05) is 12.1 Å². The second-order valence-electron chi connectivity index (χ2n) is 6.94. The normalized spacial score (nSPS) is 22.9. The smallest absolute Gasteiger partial charge is 0.224 e. The molecule has 0 spiro atoms. The van der Waals surface area contributed by atoms with Crippen LogP contribution >= 0.6 is 0 Å². The third kappa shape index (κ3) is 2.98. The molecule has 0 radical (unpaired) electrons. The van der Waals surface area contributed by atoms with Gasteiger partial charge < -0.3 is 10.4 Å². The Bertz CT molecular complexity index is 532. The maximum Gasteiger partial charge on any atom is 0.224 e. The lowest BCUT2D eigenvalue weighted by Crippen LogP contribution is -2.28. The van der Waals surface area contributed by atoms with Gasteiger partial charge in [0.1, 0.15) is 0 Å². The average molecular weight is 287 g/mol. The molecule has 21 heavy (non-hydrogen) atoms. The molecular formula is C18H25NO2. The molecule has 1 atom stereocenters. The van der Waals surface area contributed by atoms with Gasteiger partial charge in [0.05, 0.1) is 6.10 Å². The molecule has 1 heterocycles. The summed E-state index contributed by atoms with van der Waals surface area (Å²) in [6, 6.07) is 6.05. The van der Waals surface area contributed by atoms with Crippen LogP contribution in [-0.2, 0) is 11.2 Å². The van der Waals surface area contributed by atoms with Crippen LogP contribution in [0, 0.1) is 5.41 Å². The molecule has 0 bridgehead atoms. The van der Waals surface area contributed by atoms with E-state index < -0.39 is 6.10 Å². The van der Waals surface area contributed by atoms with Crippen LogP contribution in [0.4, 0.5) is 5.69 Å². The topological polar surface area (TPSA) is 49.3 Å². The van der Waals surface area contributed by atoms with E-state index in [4.69, 9.17) is 0 Å². The van der Waals surface area contributed by atoms with Crippen LogP contribution in [-0.4, -0.2) is 11.0 Å². The Labute approximate surface area is 126 Å². The van der Waals surface area contributed by atoms with Gasteiger partial charge in [-0.15, -0.1) is 0 Å². The second-order valence-corrected chi connectivity index (χ2v) is 6.94. The Hall–Kier alpha value is -1.35. The summed E-state index contributed by atoms with van der Waals surface area (Å²) in [6.45, 7) is 2.21. The number of carbonyl (C=O) groups excluding carboxylic acids is 1. The predicted molar refractivity (Wildman–Crippen MR) is 84.2 cm³/mol. The molecule has 2 aliphatic rings. The lowest BCUT2D eigenvalue weighted by molar-refractivity contribution is -0.116. The van der Waals surface area contributed by atoms with Crippen LogP contribution in [0.1, 0.15) is 69.1 Å². The van der Waals surface area contributed by atoms with Crippen LogP contribution in [0.3, 0.4) is 0 Å². The largest absolute Gasteiger partial charge is 0.388 e. The van der Waals surface area contributed by atoms with Crippen molar-refractivity contribution in [3.8, 4) is 0 Å². The summed E-state index contributed by atoms with van der Waals surface area (Å²) >= 11 is 0. The molecule has 0 saturated heterocycles. The Morgan fingerprint density at radius 3 is 2.67 bits per heavy atom. The zero-order chi connectivity index (χ0) is 14.9. The highest BCUT2D eigenvalue weighted by Gasteiger charge is 2.35. The number of amides is 1. The van der Waals surface area contributed by atoms with Crippen molar-refractivity contribution < 1.29 is 9.90 Å². The van der Waals surface area contributed by atoms with Crippen molar-refractivity contribution in [1.29, 1.82) is 0 Å². The van der Waals surface area contributed by atoms with E-state index in [9.17, 15) is 9.90 Å². The molecule has 1 aliphatic carbocycles. The lowest BCUT2D eigenvalue weighted by atomic mass is 9.70. The van der Waals surface area contributed by atoms with Gasteiger partial charge in [-0.3, -0.25) is 4.79 Å². The molecule has 1 aliphatic heterocycles. The summed E-state index contributed by atoms with van der Waals surface area (Å²) in [6.07, 6.45) is 7.90. The molecule has 114 valence electrons. The van der Waals surface area contributed by atoms with Crippen molar-refractivity contribution >= 4 is 11.6 Å². The van der Waals surface area contributed by atoms with E-state index >= 15 is 0 Å². The van der Waals surface area contributed by atoms with Gasteiger partial charge in [0, 0.05) is 12.1 Å². The van der Waals surface area contributed by atoms with Gasteiger partial charge in [0.2, 0.25) is 5.91 Å². The number of fused-ring (bicyclic) bond motifs is 1. The maximum absolute atomic E-state index is 11.6. The van der Waals surface area contributed by atoms with Gasteiger partial charge in [-0.25, -0.2) is 0 Å². The summed E-state index contributed by atoms with van der Waals surface area (Å²) in [5, 5.41) is 13.8. The van der Waals surface area contributed by atoms with E-state index in [0.717, 1.165) is 42.5 Å². The average Bonchev–Trinajstić information content (AvgIpc) is 2.67. The molecule has 1 amide bonds.